The number of anilines is 1. The molecule has 1 saturated carbocycles. The van der Waals surface area contributed by atoms with Crippen LogP contribution in [0.1, 0.15) is 47.5 Å². The third-order valence-electron chi connectivity index (χ3n) is 6.67. The van der Waals surface area contributed by atoms with Gasteiger partial charge in [0.15, 0.2) is 5.82 Å². The number of hydrogen-bond acceptors (Lipinski definition) is 6. The lowest BCUT2D eigenvalue weighted by molar-refractivity contribution is -0.115. The highest BCUT2D eigenvalue weighted by Gasteiger charge is 2.52. The van der Waals surface area contributed by atoms with Gasteiger partial charge in [-0.1, -0.05) is 52.6 Å². The fourth-order valence-corrected chi connectivity index (χ4v) is 5.64. The van der Waals surface area contributed by atoms with Crippen LogP contribution in [-0.2, 0) is 27.7 Å². The molecule has 1 amide bonds. The predicted molar refractivity (Wildman–Crippen MR) is 142 cm³/mol. The van der Waals surface area contributed by atoms with Gasteiger partial charge in [-0.25, -0.2) is 8.78 Å². The van der Waals surface area contributed by atoms with E-state index in [4.69, 9.17) is 27.7 Å². The zero-order valence-corrected chi connectivity index (χ0v) is 22.7. The van der Waals surface area contributed by atoms with Crippen molar-refractivity contribution < 1.29 is 26.9 Å². The van der Waals surface area contributed by atoms with Crippen LogP contribution in [0.5, 0.6) is 0 Å². The molecular formula is C27H20Cl2F2N3O4S-. The van der Waals surface area contributed by atoms with Crippen LogP contribution in [-0.4, -0.2) is 24.8 Å². The predicted octanol–water partition coefficient (Wildman–Crippen LogP) is 6.52. The van der Waals surface area contributed by atoms with Gasteiger partial charge in [0, 0.05) is 32.6 Å². The smallest absolute Gasteiger partial charge is 0.260 e. The second-order valence-corrected chi connectivity index (χ2v) is 11.4. The Hall–Kier alpha value is -3.18. The monoisotopic (exact) mass is 590 g/mol. The molecule has 2 atom stereocenters. The second kappa shape index (κ2) is 10.8. The first kappa shape index (κ1) is 27.4. The Kier molecular flexibility index (Phi) is 7.56. The van der Waals surface area contributed by atoms with Gasteiger partial charge in [0.2, 0.25) is 5.91 Å². The van der Waals surface area contributed by atoms with Gasteiger partial charge in [-0.2, -0.15) is 4.98 Å². The summed E-state index contributed by atoms with van der Waals surface area (Å²) in [6.07, 6.45) is 1.30. The van der Waals surface area contributed by atoms with Crippen molar-refractivity contribution in [2.24, 2.45) is 0 Å². The molecule has 5 rings (SSSR count). The summed E-state index contributed by atoms with van der Waals surface area (Å²) in [5.74, 6) is -1.67. The number of halogens is 4. The van der Waals surface area contributed by atoms with Crippen molar-refractivity contribution >= 4 is 45.9 Å². The number of carbonyl (C=O) groups is 1. The lowest BCUT2D eigenvalue weighted by Crippen LogP contribution is -2.16. The van der Waals surface area contributed by atoms with Gasteiger partial charge in [0.25, 0.3) is 5.89 Å². The van der Waals surface area contributed by atoms with Crippen LogP contribution in [0, 0.1) is 11.6 Å². The van der Waals surface area contributed by atoms with Gasteiger partial charge in [-0.15, -0.1) is 0 Å². The van der Waals surface area contributed by atoms with E-state index in [2.05, 4.69) is 15.5 Å². The van der Waals surface area contributed by atoms with Crippen LogP contribution in [0.4, 0.5) is 14.5 Å². The van der Waals surface area contributed by atoms with Crippen LogP contribution >= 0.6 is 23.2 Å². The summed E-state index contributed by atoms with van der Waals surface area (Å²) >= 11 is 11.0. The maximum atomic E-state index is 14.2. The first-order chi connectivity index (χ1) is 18.6. The topological polar surface area (TPSA) is 108 Å². The average molecular weight is 591 g/mol. The summed E-state index contributed by atoms with van der Waals surface area (Å²) in [5.41, 5.74) is 1.54. The van der Waals surface area contributed by atoms with Crippen molar-refractivity contribution in [1.29, 1.82) is 0 Å². The maximum absolute atomic E-state index is 14.2. The molecule has 1 N–H and O–H groups in total. The second-order valence-electron chi connectivity index (χ2n) is 9.31. The number of amides is 1. The van der Waals surface area contributed by atoms with E-state index in [-0.39, 0.29) is 29.6 Å². The summed E-state index contributed by atoms with van der Waals surface area (Å²) < 4.78 is 55.1. The minimum atomic E-state index is -2.23. The Morgan fingerprint density at radius 3 is 2.38 bits per heavy atom. The highest BCUT2D eigenvalue weighted by atomic mass is 35.5. The summed E-state index contributed by atoms with van der Waals surface area (Å²) in [6, 6.07) is 13.0. The number of rotatable bonds is 8. The van der Waals surface area contributed by atoms with E-state index in [0.29, 0.717) is 45.3 Å². The van der Waals surface area contributed by atoms with Crippen LogP contribution < -0.4 is 5.32 Å². The van der Waals surface area contributed by atoms with Crippen molar-refractivity contribution in [2.75, 3.05) is 5.32 Å². The molecule has 1 aromatic heterocycles. The van der Waals surface area contributed by atoms with Crippen LogP contribution in [0.2, 0.25) is 10.0 Å². The van der Waals surface area contributed by atoms with Gasteiger partial charge in [-0.05, 0) is 66.2 Å². The summed E-state index contributed by atoms with van der Waals surface area (Å²) in [7, 11) is 0. The molecule has 1 aliphatic rings. The van der Waals surface area contributed by atoms with Crippen molar-refractivity contribution in [3.05, 3.63) is 98.8 Å². The molecule has 0 saturated heterocycles. The van der Waals surface area contributed by atoms with Gasteiger partial charge in [-0.3, -0.25) is 9.00 Å². The number of hydrogen-bond donors (Lipinski definition) is 1. The fraction of sp³-hybridized carbons (Fsp3) is 0.222. The van der Waals surface area contributed by atoms with Crippen molar-refractivity contribution in [2.45, 2.75) is 36.9 Å². The van der Waals surface area contributed by atoms with Crippen molar-refractivity contribution in [1.82, 2.24) is 10.1 Å². The van der Waals surface area contributed by atoms with Crippen molar-refractivity contribution in [3.63, 3.8) is 0 Å². The third kappa shape index (κ3) is 5.60. The molecule has 2 unspecified atom stereocenters. The van der Waals surface area contributed by atoms with Crippen molar-refractivity contribution in [3.8, 4) is 11.5 Å². The summed E-state index contributed by atoms with van der Waals surface area (Å²) in [4.78, 5) is 17.0. The summed E-state index contributed by atoms with van der Waals surface area (Å²) in [5, 5.41) is 6.74. The van der Waals surface area contributed by atoms with E-state index in [9.17, 15) is 22.3 Å². The Bertz CT molecular complexity index is 1570. The molecule has 3 aromatic carbocycles. The van der Waals surface area contributed by atoms with E-state index >= 15 is 0 Å². The Morgan fingerprint density at radius 2 is 1.79 bits per heavy atom. The molecule has 0 radical (unpaired) electrons. The van der Waals surface area contributed by atoms with Gasteiger partial charge in [0.1, 0.15) is 11.6 Å². The zero-order chi connectivity index (χ0) is 27.9. The minimum absolute atomic E-state index is 0.0225. The normalized spacial score (nSPS) is 15.5. The number of nitrogens with one attached hydrogen (secondary N) is 1. The number of carbonyl (C=O) groups excluding carboxylic acids is 1. The third-order valence-corrected chi connectivity index (χ3v) is 8.12. The van der Waals surface area contributed by atoms with E-state index < -0.39 is 33.4 Å². The largest absolute Gasteiger partial charge is 0.772 e. The average Bonchev–Trinajstić information content (AvgIpc) is 3.50. The number of nitrogens with zero attached hydrogens (tertiary/aromatic N) is 2. The lowest BCUT2D eigenvalue weighted by Gasteiger charge is -2.17. The molecule has 12 heteroatoms. The molecule has 7 nitrogen and oxygen atoms in total. The lowest BCUT2D eigenvalue weighted by atomic mass is 9.94. The van der Waals surface area contributed by atoms with Gasteiger partial charge >= 0.3 is 0 Å². The van der Waals surface area contributed by atoms with E-state index in [1.165, 1.54) is 6.07 Å². The van der Waals surface area contributed by atoms with Gasteiger partial charge < -0.3 is 14.4 Å². The molecule has 0 aliphatic heterocycles. The number of benzene rings is 3. The van der Waals surface area contributed by atoms with E-state index in [1.807, 2.05) is 0 Å². The van der Waals surface area contributed by atoms with Crippen LogP contribution in [0.3, 0.4) is 0 Å². The maximum Gasteiger partial charge on any atom is 0.260 e. The summed E-state index contributed by atoms with van der Waals surface area (Å²) in [6.45, 7) is 1.58. The molecule has 202 valence electrons. The molecule has 39 heavy (non-hydrogen) atoms. The molecule has 4 aromatic rings. The van der Waals surface area contributed by atoms with Crippen LogP contribution in [0.15, 0.2) is 59.1 Å². The fourth-order valence-electron chi connectivity index (χ4n) is 4.41. The van der Waals surface area contributed by atoms with E-state index in [0.717, 1.165) is 12.1 Å². The van der Waals surface area contributed by atoms with Crippen LogP contribution in [0.25, 0.3) is 11.5 Å². The Morgan fingerprint density at radius 1 is 1.13 bits per heavy atom. The molecule has 1 fully saturated rings. The van der Waals surface area contributed by atoms with Gasteiger partial charge in [0.05, 0.1) is 17.4 Å². The first-order valence-electron chi connectivity index (χ1n) is 11.8. The highest BCUT2D eigenvalue weighted by Crippen LogP contribution is 2.57. The Labute approximate surface area is 234 Å². The highest BCUT2D eigenvalue weighted by molar-refractivity contribution is 7.79. The Balaban J connectivity index is 1.32. The SMILES string of the molecule is CC(c1ccc(CC(=O)Nc2cc(Cl)c(C3(c4noc(-c5ccc(F)cc5F)n4)CC3)c(Cl)c2)cc1)S(=O)[O-]. The molecule has 1 heterocycles. The molecule has 0 bridgehead atoms. The standard InChI is InChI=1S/C27H21Cl2F2N3O4S/c1-14(39(36)37)16-4-2-15(3-5-16)10-23(35)32-18-12-20(28)24(21(29)13-18)27(8-9-27)26-33-25(38-34-26)19-7-6-17(30)11-22(19)31/h2-7,11-14H,8-10H2,1H3,(H,32,35)(H,36,37)/p-1. The number of aromatic nitrogens is 2. The zero-order valence-electron chi connectivity index (χ0n) is 20.3. The van der Waals surface area contributed by atoms with E-state index in [1.54, 1.807) is 43.3 Å². The molecular weight excluding hydrogens is 571 g/mol. The quantitative estimate of drug-likeness (QED) is 0.234. The minimum Gasteiger partial charge on any atom is -0.772 e. The molecule has 0 spiro atoms. The molecule has 1 aliphatic carbocycles. The first-order valence-corrected chi connectivity index (χ1v) is 13.7.